The number of carbonyl (C=O) groups excluding carboxylic acids is 1. The Morgan fingerprint density at radius 3 is 2.68 bits per heavy atom. The van der Waals surface area contributed by atoms with E-state index in [9.17, 15) is 4.79 Å². The van der Waals surface area contributed by atoms with Gasteiger partial charge in [0, 0.05) is 62.6 Å². The molecule has 0 unspecified atom stereocenters. The number of carbonyl (C=O) groups is 1. The molecule has 1 aromatic carbocycles. The molecule has 1 amide bonds. The molecule has 31 heavy (non-hydrogen) atoms. The van der Waals surface area contributed by atoms with E-state index in [1.165, 1.54) is 0 Å². The third kappa shape index (κ3) is 5.87. The van der Waals surface area contributed by atoms with Gasteiger partial charge in [0.25, 0.3) is 5.91 Å². The first-order valence-corrected chi connectivity index (χ1v) is 10.6. The number of morpholine rings is 1. The molecule has 1 aliphatic heterocycles. The van der Waals surface area contributed by atoms with Crippen molar-refractivity contribution in [2.24, 2.45) is 0 Å². The zero-order valence-electron chi connectivity index (χ0n) is 17.5. The van der Waals surface area contributed by atoms with Crippen LogP contribution in [0.3, 0.4) is 0 Å². The van der Waals surface area contributed by atoms with Crippen molar-refractivity contribution in [1.82, 2.24) is 20.2 Å². The van der Waals surface area contributed by atoms with Crippen molar-refractivity contribution in [3.05, 3.63) is 78.2 Å². The quantitative estimate of drug-likeness (QED) is 0.587. The minimum atomic E-state index is -0.153. The number of amides is 1. The first-order valence-electron chi connectivity index (χ1n) is 10.6. The fourth-order valence-electron chi connectivity index (χ4n) is 3.51. The number of ether oxygens (including phenoxy) is 1. The lowest BCUT2D eigenvalue weighted by Crippen LogP contribution is -2.39. The van der Waals surface area contributed by atoms with Gasteiger partial charge in [-0.2, -0.15) is 0 Å². The molecule has 0 atom stereocenters. The summed E-state index contributed by atoms with van der Waals surface area (Å²) in [6.07, 6.45) is 5.08. The fraction of sp³-hybridized carbons (Fsp3) is 0.292. The number of anilines is 1. The standard InChI is InChI=1S/C24H27N5O2/c30-24(28-17-19-4-3-9-25-16-19)20-7-8-23(27-18-20)21-5-1-2-6-22(21)26-10-11-29-12-14-31-15-13-29/h1-9,16,18,26H,10-15,17H2,(H,28,30). The number of aromatic nitrogens is 2. The number of rotatable bonds is 8. The van der Waals surface area contributed by atoms with Gasteiger partial charge >= 0.3 is 0 Å². The lowest BCUT2D eigenvalue weighted by Gasteiger charge is -2.26. The van der Waals surface area contributed by atoms with E-state index in [2.05, 4.69) is 31.6 Å². The first kappa shape index (κ1) is 21.0. The molecule has 7 nitrogen and oxygen atoms in total. The molecule has 4 rings (SSSR count). The highest BCUT2D eigenvalue weighted by molar-refractivity contribution is 5.94. The van der Waals surface area contributed by atoms with Gasteiger partial charge in [-0.15, -0.1) is 0 Å². The Kier molecular flexibility index (Phi) is 7.20. The van der Waals surface area contributed by atoms with Gasteiger partial charge in [0.05, 0.1) is 24.5 Å². The molecule has 0 aliphatic carbocycles. The Balaban J connectivity index is 1.36. The molecule has 0 spiro atoms. The Hall–Kier alpha value is -3.29. The smallest absolute Gasteiger partial charge is 0.253 e. The summed E-state index contributed by atoms with van der Waals surface area (Å²) in [6, 6.07) is 15.6. The summed E-state index contributed by atoms with van der Waals surface area (Å²) in [7, 11) is 0. The summed E-state index contributed by atoms with van der Waals surface area (Å²) < 4.78 is 5.40. The number of benzene rings is 1. The summed E-state index contributed by atoms with van der Waals surface area (Å²) in [5.41, 5.74) is 4.38. The van der Waals surface area contributed by atoms with E-state index in [0.717, 1.165) is 61.9 Å². The second kappa shape index (κ2) is 10.7. The van der Waals surface area contributed by atoms with Crippen molar-refractivity contribution in [1.29, 1.82) is 0 Å². The van der Waals surface area contributed by atoms with Gasteiger partial charge in [0.15, 0.2) is 0 Å². The molecule has 2 aromatic heterocycles. The van der Waals surface area contributed by atoms with Crippen LogP contribution in [-0.4, -0.2) is 60.2 Å². The highest BCUT2D eigenvalue weighted by Gasteiger charge is 2.12. The van der Waals surface area contributed by atoms with E-state index < -0.39 is 0 Å². The zero-order chi connectivity index (χ0) is 21.3. The summed E-state index contributed by atoms with van der Waals surface area (Å²) >= 11 is 0. The third-order valence-corrected chi connectivity index (χ3v) is 5.25. The molecule has 1 fully saturated rings. The number of pyridine rings is 2. The van der Waals surface area contributed by atoms with E-state index >= 15 is 0 Å². The van der Waals surface area contributed by atoms with E-state index in [0.29, 0.717) is 12.1 Å². The molecular formula is C24H27N5O2. The lowest BCUT2D eigenvalue weighted by molar-refractivity contribution is 0.0398. The summed E-state index contributed by atoms with van der Waals surface area (Å²) in [5, 5.41) is 6.43. The van der Waals surface area contributed by atoms with Crippen molar-refractivity contribution in [3.63, 3.8) is 0 Å². The van der Waals surface area contributed by atoms with Gasteiger partial charge in [-0.3, -0.25) is 19.7 Å². The summed E-state index contributed by atoms with van der Waals surface area (Å²) in [6.45, 7) is 5.84. The molecular weight excluding hydrogens is 390 g/mol. The van der Waals surface area contributed by atoms with E-state index in [1.807, 2.05) is 42.5 Å². The summed E-state index contributed by atoms with van der Waals surface area (Å²) in [4.78, 5) is 23.4. The Morgan fingerprint density at radius 1 is 1.03 bits per heavy atom. The predicted molar refractivity (Wildman–Crippen MR) is 121 cm³/mol. The second-order valence-electron chi connectivity index (χ2n) is 7.40. The van der Waals surface area contributed by atoms with E-state index in [4.69, 9.17) is 4.74 Å². The van der Waals surface area contributed by atoms with Gasteiger partial charge in [-0.1, -0.05) is 24.3 Å². The monoisotopic (exact) mass is 417 g/mol. The Morgan fingerprint density at radius 2 is 1.90 bits per heavy atom. The molecule has 3 aromatic rings. The molecule has 1 saturated heterocycles. The number of nitrogens with one attached hydrogen (secondary N) is 2. The number of hydrogen-bond acceptors (Lipinski definition) is 6. The van der Waals surface area contributed by atoms with Crippen LogP contribution in [0.5, 0.6) is 0 Å². The molecule has 0 bridgehead atoms. The van der Waals surface area contributed by atoms with Crippen LogP contribution in [0.25, 0.3) is 11.3 Å². The van der Waals surface area contributed by atoms with Crippen molar-refractivity contribution < 1.29 is 9.53 Å². The molecule has 160 valence electrons. The number of para-hydroxylation sites is 1. The maximum absolute atomic E-state index is 12.4. The zero-order valence-corrected chi connectivity index (χ0v) is 17.5. The molecule has 1 aliphatic rings. The highest BCUT2D eigenvalue weighted by atomic mass is 16.5. The van der Waals surface area contributed by atoms with E-state index in [-0.39, 0.29) is 5.91 Å². The van der Waals surface area contributed by atoms with Gasteiger partial charge in [0.2, 0.25) is 0 Å². The maximum Gasteiger partial charge on any atom is 0.253 e. The summed E-state index contributed by atoms with van der Waals surface area (Å²) in [5.74, 6) is -0.153. The van der Waals surface area contributed by atoms with Crippen LogP contribution in [-0.2, 0) is 11.3 Å². The Bertz CT molecular complexity index is 973. The average molecular weight is 418 g/mol. The lowest BCUT2D eigenvalue weighted by atomic mass is 10.1. The van der Waals surface area contributed by atoms with E-state index in [1.54, 1.807) is 18.6 Å². The van der Waals surface area contributed by atoms with Crippen LogP contribution in [0.1, 0.15) is 15.9 Å². The van der Waals surface area contributed by atoms with Crippen LogP contribution in [0.4, 0.5) is 5.69 Å². The third-order valence-electron chi connectivity index (χ3n) is 5.25. The minimum absolute atomic E-state index is 0.153. The van der Waals surface area contributed by atoms with Crippen LogP contribution < -0.4 is 10.6 Å². The Labute approximate surface area is 182 Å². The van der Waals surface area contributed by atoms with Gasteiger partial charge < -0.3 is 15.4 Å². The van der Waals surface area contributed by atoms with Crippen LogP contribution >= 0.6 is 0 Å². The van der Waals surface area contributed by atoms with Crippen molar-refractivity contribution in [3.8, 4) is 11.3 Å². The van der Waals surface area contributed by atoms with Crippen LogP contribution in [0.2, 0.25) is 0 Å². The van der Waals surface area contributed by atoms with Gasteiger partial charge in [-0.25, -0.2) is 0 Å². The van der Waals surface area contributed by atoms with Gasteiger partial charge in [-0.05, 0) is 29.8 Å². The van der Waals surface area contributed by atoms with Crippen LogP contribution in [0, 0.1) is 0 Å². The topological polar surface area (TPSA) is 79.4 Å². The highest BCUT2D eigenvalue weighted by Crippen LogP contribution is 2.26. The van der Waals surface area contributed by atoms with Crippen molar-refractivity contribution in [2.75, 3.05) is 44.7 Å². The maximum atomic E-state index is 12.4. The number of nitrogens with zero attached hydrogens (tertiary/aromatic N) is 3. The normalized spacial score (nSPS) is 14.2. The second-order valence-corrected chi connectivity index (χ2v) is 7.40. The predicted octanol–water partition coefficient (Wildman–Crippen LogP) is 2.82. The van der Waals surface area contributed by atoms with Crippen molar-refractivity contribution in [2.45, 2.75) is 6.54 Å². The number of hydrogen-bond donors (Lipinski definition) is 2. The van der Waals surface area contributed by atoms with Gasteiger partial charge in [0.1, 0.15) is 0 Å². The minimum Gasteiger partial charge on any atom is -0.383 e. The SMILES string of the molecule is O=C(NCc1cccnc1)c1ccc(-c2ccccc2NCCN2CCOCC2)nc1. The van der Waals surface area contributed by atoms with Crippen LogP contribution in [0.15, 0.2) is 67.1 Å². The van der Waals surface area contributed by atoms with Crippen molar-refractivity contribution >= 4 is 11.6 Å². The fourth-order valence-corrected chi connectivity index (χ4v) is 3.51. The molecule has 2 N–H and O–H groups in total. The molecule has 3 heterocycles. The molecule has 0 saturated carbocycles. The average Bonchev–Trinajstić information content (AvgIpc) is 2.84. The largest absolute Gasteiger partial charge is 0.383 e. The molecule has 7 heteroatoms. The first-order chi connectivity index (χ1) is 15.3. The molecule has 0 radical (unpaired) electrons.